The molecule has 0 aliphatic rings. The third-order valence-corrected chi connectivity index (χ3v) is 2.03. The van der Waals surface area contributed by atoms with Crippen LogP contribution in [0.4, 0.5) is 10.5 Å². The molecule has 6 heteroatoms. The molecule has 3 N–H and O–H groups in total. The van der Waals surface area contributed by atoms with Gasteiger partial charge < -0.3 is 20.5 Å². The molecule has 0 bridgehead atoms. The fraction of sp³-hybridized carbons (Fsp3) is 0.273. The number of benzene rings is 1. The van der Waals surface area contributed by atoms with E-state index in [-0.39, 0.29) is 13.2 Å². The van der Waals surface area contributed by atoms with Crippen molar-refractivity contribution in [1.82, 2.24) is 4.90 Å². The Morgan fingerprint density at radius 1 is 1.35 bits per heavy atom. The highest BCUT2D eigenvalue weighted by atomic mass is 16.6. The minimum absolute atomic E-state index is 0.0864. The molecule has 6 nitrogen and oxygen atoms in total. The summed E-state index contributed by atoms with van der Waals surface area (Å²) in [5, 5.41) is 8.49. The van der Waals surface area contributed by atoms with Gasteiger partial charge in [0.05, 0.1) is 0 Å². The predicted octanol–water partition coefficient (Wildman–Crippen LogP) is 0.922. The predicted molar refractivity (Wildman–Crippen MR) is 61.3 cm³/mol. The smallest absolute Gasteiger partial charge is 0.410 e. The lowest BCUT2D eigenvalue weighted by Crippen LogP contribution is -2.32. The Hall–Kier alpha value is -2.24. The average Bonchev–Trinajstić information content (AvgIpc) is 2.27. The van der Waals surface area contributed by atoms with E-state index in [1.807, 2.05) is 0 Å². The third-order valence-electron chi connectivity index (χ3n) is 2.03. The number of anilines is 1. The summed E-state index contributed by atoms with van der Waals surface area (Å²) in [5.74, 6) is -1.09. The number of nitrogens with zero attached hydrogens (tertiary/aromatic N) is 1. The van der Waals surface area contributed by atoms with Crippen LogP contribution in [0.1, 0.15) is 5.56 Å². The maximum Gasteiger partial charge on any atom is 0.410 e. The van der Waals surface area contributed by atoms with E-state index in [0.29, 0.717) is 5.69 Å². The first-order valence-corrected chi connectivity index (χ1v) is 4.93. The number of hydrogen-bond acceptors (Lipinski definition) is 4. The molecule has 0 unspecified atom stereocenters. The van der Waals surface area contributed by atoms with Crippen molar-refractivity contribution in [2.75, 3.05) is 19.3 Å². The number of aliphatic carboxylic acids is 1. The molecule has 0 radical (unpaired) electrons. The van der Waals surface area contributed by atoms with E-state index in [2.05, 4.69) is 0 Å². The van der Waals surface area contributed by atoms with Crippen molar-refractivity contribution in [2.24, 2.45) is 0 Å². The Labute approximate surface area is 98.6 Å². The van der Waals surface area contributed by atoms with Gasteiger partial charge in [-0.2, -0.15) is 0 Å². The molecule has 0 spiro atoms. The molecule has 1 rings (SSSR count). The van der Waals surface area contributed by atoms with Gasteiger partial charge in [0, 0.05) is 12.7 Å². The van der Waals surface area contributed by atoms with Crippen LogP contribution in [0.25, 0.3) is 0 Å². The average molecular weight is 238 g/mol. The molecule has 0 saturated heterocycles. The van der Waals surface area contributed by atoms with E-state index in [0.717, 1.165) is 10.5 Å². The number of ether oxygens (including phenoxy) is 1. The summed E-state index contributed by atoms with van der Waals surface area (Å²) in [7, 11) is 1.36. The van der Waals surface area contributed by atoms with Crippen molar-refractivity contribution < 1.29 is 19.4 Å². The van der Waals surface area contributed by atoms with Crippen LogP contribution in [0.15, 0.2) is 24.3 Å². The molecule has 92 valence electrons. The molecular weight excluding hydrogens is 224 g/mol. The lowest BCUT2D eigenvalue weighted by Gasteiger charge is -2.14. The minimum Gasteiger partial charge on any atom is -0.480 e. The van der Waals surface area contributed by atoms with Gasteiger partial charge in [0.25, 0.3) is 0 Å². The Morgan fingerprint density at radius 2 is 1.94 bits per heavy atom. The molecule has 0 heterocycles. The second-order valence-corrected chi connectivity index (χ2v) is 3.55. The zero-order valence-electron chi connectivity index (χ0n) is 9.42. The van der Waals surface area contributed by atoms with Gasteiger partial charge >= 0.3 is 12.1 Å². The molecule has 1 amide bonds. The number of rotatable bonds is 4. The lowest BCUT2D eigenvalue weighted by molar-refractivity contribution is -0.137. The maximum atomic E-state index is 11.3. The molecule has 0 atom stereocenters. The quantitative estimate of drug-likeness (QED) is 0.761. The second-order valence-electron chi connectivity index (χ2n) is 3.55. The first-order valence-electron chi connectivity index (χ1n) is 4.93. The topological polar surface area (TPSA) is 92.9 Å². The SMILES string of the molecule is CN(CC(=O)O)C(=O)OCc1ccc(N)cc1. The molecule has 0 aliphatic carbocycles. The van der Waals surface area contributed by atoms with Gasteiger partial charge in [-0.15, -0.1) is 0 Å². The summed E-state index contributed by atoms with van der Waals surface area (Å²) < 4.78 is 4.91. The summed E-state index contributed by atoms with van der Waals surface area (Å²) in [6, 6.07) is 6.87. The van der Waals surface area contributed by atoms with E-state index in [1.165, 1.54) is 7.05 Å². The van der Waals surface area contributed by atoms with Gasteiger partial charge in [-0.3, -0.25) is 4.79 Å². The third kappa shape index (κ3) is 4.42. The standard InChI is InChI=1S/C11H14N2O4/c1-13(6-10(14)15)11(16)17-7-8-2-4-9(12)5-3-8/h2-5H,6-7,12H2,1H3,(H,14,15). The van der Waals surface area contributed by atoms with Gasteiger partial charge in [-0.1, -0.05) is 12.1 Å². The van der Waals surface area contributed by atoms with Crippen LogP contribution >= 0.6 is 0 Å². The van der Waals surface area contributed by atoms with Crippen molar-refractivity contribution in [3.05, 3.63) is 29.8 Å². The number of carbonyl (C=O) groups is 2. The van der Waals surface area contributed by atoms with Crippen LogP contribution in [-0.4, -0.2) is 35.7 Å². The number of likely N-dealkylation sites (N-methyl/N-ethyl adjacent to an activating group) is 1. The first-order chi connectivity index (χ1) is 7.99. The van der Waals surface area contributed by atoms with E-state index < -0.39 is 12.1 Å². The number of carboxylic acids is 1. The van der Waals surface area contributed by atoms with Gasteiger partial charge in [-0.25, -0.2) is 4.79 Å². The van der Waals surface area contributed by atoms with Gasteiger partial charge in [-0.05, 0) is 17.7 Å². The van der Waals surface area contributed by atoms with Crippen LogP contribution in [0.3, 0.4) is 0 Å². The fourth-order valence-electron chi connectivity index (χ4n) is 1.14. The number of nitrogens with two attached hydrogens (primary N) is 1. The first kappa shape index (κ1) is 12.8. The van der Waals surface area contributed by atoms with Crippen molar-refractivity contribution in [3.8, 4) is 0 Å². The fourth-order valence-corrected chi connectivity index (χ4v) is 1.14. The largest absolute Gasteiger partial charge is 0.480 e. The molecular formula is C11H14N2O4. The highest BCUT2D eigenvalue weighted by Gasteiger charge is 2.12. The summed E-state index contributed by atoms with van der Waals surface area (Å²) in [6.07, 6.45) is -0.677. The van der Waals surface area contributed by atoms with Crippen LogP contribution in [0.5, 0.6) is 0 Å². The van der Waals surface area contributed by atoms with Crippen molar-refractivity contribution in [1.29, 1.82) is 0 Å². The van der Waals surface area contributed by atoms with Gasteiger partial charge in [0.2, 0.25) is 0 Å². The molecule has 0 aliphatic heterocycles. The Balaban J connectivity index is 2.42. The molecule has 1 aromatic rings. The van der Waals surface area contributed by atoms with Gasteiger partial charge in [0.1, 0.15) is 13.2 Å². The van der Waals surface area contributed by atoms with Crippen LogP contribution in [-0.2, 0) is 16.1 Å². The maximum absolute atomic E-state index is 11.3. The van der Waals surface area contributed by atoms with Crippen molar-refractivity contribution in [2.45, 2.75) is 6.61 Å². The highest BCUT2D eigenvalue weighted by molar-refractivity contribution is 5.76. The van der Waals surface area contributed by atoms with Crippen molar-refractivity contribution in [3.63, 3.8) is 0 Å². The Kier molecular flexibility index (Phi) is 4.33. The van der Waals surface area contributed by atoms with Crippen molar-refractivity contribution >= 4 is 17.7 Å². The van der Waals surface area contributed by atoms with Gasteiger partial charge in [0.15, 0.2) is 0 Å². The lowest BCUT2D eigenvalue weighted by atomic mass is 10.2. The summed E-state index contributed by atoms with van der Waals surface area (Å²) in [5.41, 5.74) is 6.92. The van der Waals surface area contributed by atoms with E-state index in [9.17, 15) is 9.59 Å². The molecule has 17 heavy (non-hydrogen) atoms. The number of hydrogen-bond donors (Lipinski definition) is 2. The summed E-state index contributed by atoms with van der Waals surface area (Å²) in [4.78, 5) is 22.7. The van der Waals surface area contributed by atoms with E-state index in [1.54, 1.807) is 24.3 Å². The van der Waals surface area contributed by atoms with E-state index >= 15 is 0 Å². The van der Waals surface area contributed by atoms with Crippen LogP contribution < -0.4 is 5.73 Å². The minimum atomic E-state index is -1.09. The number of amides is 1. The van der Waals surface area contributed by atoms with Crippen LogP contribution in [0.2, 0.25) is 0 Å². The molecule has 1 aromatic carbocycles. The molecule has 0 aromatic heterocycles. The summed E-state index contributed by atoms with van der Waals surface area (Å²) >= 11 is 0. The zero-order valence-corrected chi connectivity index (χ0v) is 9.42. The summed E-state index contributed by atoms with van der Waals surface area (Å²) in [6.45, 7) is -0.302. The number of nitrogen functional groups attached to an aromatic ring is 1. The highest BCUT2D eigenvalue weighted by Crippen LogP contribution is 2.07. The second kappa shape index (κ2) is 5.74. The molecule has 0 saturated carbocycles. The number of carbonyl (C=O) groups excluding carboxylic acids is 1. The normalized spacial score (nSPS) is 9.71. The zero-order chi connectivity index (χ0) is 12.8. The monoisotopic (exact) mass is 238 g/mol. The Morgan fingerprint density at radius 3 is 2.47 bits per heavy atom. The Bertz CT molecular complexity index is 402. The van der Waals surface area contributed by atoms with Crippen LogP contribution in [0, 0.1) is 0 Å². The van der Waals surface area contributed by atoms with E-state index in [4.69, 9.17) is 15.6 Å². The number of carboxylic acid groups (broad SMARTS) is 1. The molecule has 0 fully saturated rings.